The highest BCUT2D eigenvalue weighted by molar-refractivity contribution is 5.93. The number of anilines is 1. The van der Waals surface area contributed by atoms with Crippen molar-refractivity contribution in [3.05, 3.63) is 46.7 Å². The molecule has 1 atom stereocenters. The molecule has 1 aliphatic rings. The first-order valence-corrected chi connectivity index (χ1v) is 9.87. The van der Waals surface area contributed by atoms with Gasteiger partial charge in [0.25, 0.3) is 5.56 Å². The van der Waals surface area contributed by atoms with Gasteiger partial charge in [0.2, 0.25) is 5.91 Å². The number of pyridine rings is 2. The maximum absolute atomic E-state index is 12.7. The van der Waals surface area contributed by atoms with E-state index in [1.54, 1.807) is 30.1 Å². The van der Waals surface area contributed by atoms with Crippen molar-refractivity contribution in [3.8, 4) is 11.1 Å². The zero-order valence-electron chi connectivity index (χ0n) is 17.3. The van der Waals surface area contributed by atoms with Gasteiger partial charge < -0.3 is 19.1 Å². The van der Waals surface area contributed by atoms with Gasteiger partial charge in [0, 0.05) is 51.1 Å². The molecule has 158 valence electrons. The summed E-state index contributed by atoms with van der Waals surface area (Å²) in [6.07, 6.45) is 3.37. The zero-order chi connectivity index (χ0) is 21.3. The second-order valence-corrected chi connectivity index (χ2v) is 7.55. The zero-order valence-corrected chi connectivity index (χ0v) is 17.3. The van der Waals surface area contributed by atoms with Crippen molar-refractivity contribution in [1.82, 2.24) is 19.9 Å². The lowest BCUT2D eigenvalue weighted by Crippen LogP contribution is -2.35. The lowest BCUT2D eigenvalue weighted by atomic mass is 10.1. The highest BCUT2D eigenvalue weighted by atomic mass is 16.6. The van der Waals surface area contributed by atoms with Gasteiger partial charge in [-0.25, -0.2) is 10.5 Å². The van der Waals surface area contributed by atoms with Gasteiger partial charge in [-0.1, -0.05) is 0 Å². The maximum Gasteiger partial charge on any atom is 0.261 e. The number of nitrogens with one attached hydrogen (secondary N) is 2. The van der Waals surface area contributed by atoms with Crippen molar-refractivity contribution in [1.29, 1.82) is 0 Å². The van der Waals surface area contributed by atoms with E-state index < -0.39 is 0 Å². The first kappa shape index (κ1) is 20.3. The number of carbonyl (C=O) groups is 1. The number of aryl methyl sites for hydroxylation is 1. The van der Waals surface area contributed by atoms with E-state index in [0.717, 1.165) is 30.0 Å². The summed E-state index contributed by atoms with van der Waals surface area (Å²) in [6, 6.07) is 5.63. The SMILES string of the molecule is CC(=O)Nc1cc(-c2cn(C)c(=O)c3cc(CN4CCNOCC4C)oc23)ccn1. The summed E-state index contributed by atoms with van der Waals surface area (Å²) >= 11 is 0. The van der Waals surface area contributed by atoms with Crippen LogP contribution >= 0.6 is 0 Å². The smallest absolute Gasteiger partial charge is 0.261 e. The van der Waals surface area contributed by atoms with Gasteiger partial charge in [0.05, 0.1) is 18.5 Å². The number of hydrogen-bond donors (Lipinski definition) is 2. The van der Waals surface area contributed by atoms with E-state index >= 15 is 0 Å². The number of fused-ring (bicyclic) bond motifs is 1. The molecule has 1 aliphatic heterocycles. The summed E-state index contributed by atoms with van der Waals surface area (Å²) in [5.41, 5.74) is 4.91. The molecule has 4 rings (SSSR count). The van der Waals surface area contributed by atoms with Crippen molar-refractivity contribution >= 4 is 22.7 Å². The molecule has 3 aromatic rings. The monoisotopic (exact) mass is 411 g/mol. The van der Waals surface area contributed by atoms with E-state index in [4.69, 9.17) is 9.25 Å². The van der Waals surface area contributed by atoms with Crippen LogP contribution in [0.15, 0.2) is 39.8 Å². The Kier molecular flexibility index (Phi) is 5.67. The summed E-state index contributed by atoms with van der Waals surface area (Å²) in [6.45, 7) is 6.23. The molecule has 0 aromatic carbocycles. The van der Waals surface area contributed by atoms with Gasteiger partial charge >= 0.3 is 0 Å². The average molecular weight is 411 g/mol. The molecule has 9 heteroatoms. The number of hydroxylamine groups is 1. The molecule has 1 fully saturated rings. The second-order valence-electron chi connectivity index (χ2n) is 7.55. The molecule has 4 heterocycles. The van der Waals surface area contributed by atoms with Crippen molar-refractivity contribution in [2.45, 2.75) is 26.4 Å². The van der Waals surface area contributed by atoms with Crippen LogP contribution in [0.2, 0.25) is 0 Å². The van der Waals surface area contributed by atoms with Crippen LogP contribution in [0.5, 0.6) is 0 Å². The van der Waals surface area contributed by atoms with E-state index in [0.29, 0.717) is 29.9 Å². The highest BCUT2D eigenvalue weighted by Crippen LogP contribution is 2.30. The molecule has 1 amide bonds. The Bertz CT molecular complexity index is 1140. The number of amides is 1. The molecular weight excluding hydrogens is 386 g/mol. The number of hydrogen-bond acceptors (Lipinski definition) is 7. The summed E-state index contributed by atoms with van der Waals surface area (Å²) in [5.74, 6) is 0.967. The Morgan fingerprint density at radius 1 is 1.40 bits per heavy atom. The fraction of sp³-hybridized carbons (Fsp3) is 0.381. The molecule has 9 nitrogen and oxygen atoms in total. The first-order chi connectivity index (χ1) is 14.4. The van der Waals surface area contributed by atoms with Crippen molar-refractivity contribution in [2.75, 3.05) is 25.0 Å². The average Bonchev–Trinajstić information content (AvgIpc) is 3.02. The number of carbonyl (C=O) groups excluding carboxylic acids is 1. The van der Waals surface area contributed by atoms with E-state index in [-0.39, 0.29) is 17.5 Å². The summed E-state index contributed by atoms with van der Waals surface area (Å²) in [7, 11) is 1.72. The lowest BCUT2D eigenvalue weighted by Gasteiger charge is -2.24. The van der Waals surface area contributed by atoms with Crippen molar-refractivity contribution < 1.29 is 14.0 Å². The Balaban J connectivity index is 1.75. The van der Waals surface area contributed by atoms with Crippen LogP contribution in [0.25, 0.3) is 22.1 Å². The van der Waals surface area contributed by atoms with Crippen LogP contribution in [0, 0.1) is 0 Å². The number of nitrogens with zero attached hydrogens (tertiary/aromatic N) is 3. The van der Waals surface area contributed by atoms with Gasteiger partial charge in [-0.3, -0.25) is 14.5 Å². The third-order valence-corrected chi connectivity index (χ3v) is 5.19. The second kappa shape index (κ2) is 8.39. The standard InChI is InChI=1S/C21H25N5O4/c1-13-12-29-23-6-7-26(13)10-16-9-17-20(30-16)18(11-25(3)21(17)28)15-4-5-22-19(8-15)24-14(2)27/h4-5,8-9,11,13,23H,6-7,10,12H2,1-3H3,(H,22,24,27). The summed E-state index contributed by atoms with van der Waals surface area (Å²) < 4.78 is 7.72. The molecule has 30 heavy (non-hydrogen) atoms. The maximum atomic E-state index is 12.7. The number of furan rings is 1. The van der Waals surface area contributed by atoms with Crippen LogP contribution in [0.3, 0.4) is 0 Å². The largest absolute Gasteiger partial charge is 0.459 e. The first-order valence-electron chi connectivity index (χ1n) is 9.87. The fourth-order valence-corrected chi connectivity index (χ4v) is 3.63. The molecule has 0 radical (unpaired) electrons. The minimum absolute atomic E-state index is 0.117. The molecule has 0 saturated carbocycles. The number of rotatable bonds is 4. The Morgan fingerprint density at radius 2 is 2.23 bits per heavy atom. The highest BCUT2D eigenvalue weighted by Gasteiger charge is 2.21. The minimum atomic E-state index is -0.199. The van der Waals surface area contributed by atoms with Crippen LogP contribution in [-0.4, -0.2) is 46.1 Å². The molecular formula is C21H25N5O4. The number of aromatic nitrogens is 2. The van der Waals surface area contributed by atoms with E-state index in [1.165, 1.54) is 6.92 Å². The van der Waals surface area contributed by atoms with Gasteiger partial charge in [-0.05, 0) is 30.7 Å². The Hall–Kier alpha value is -3.01. The molecule has 0 aliphatic carbocycles. The van der Waals surface area contributed by atoms with Gasteiger partial charge in [-0.2, -0.15) is 0 Å². The quantitative estimate of drug-likeness (QED) is 0.676. The minimum Gasteiger partial charge on any atom is -0.459 e. The molecule has 0 bridgehead atoms. The van der Waals surface area contributed by atoms with E-state index in [9.17, 15) is 9.59 Å². The van der Waals surface area contributed by atoms with Gasteiger partial charge in [-0.15, -0.1) is 0 Å². The van der Waals surface area contributed by atoms with E-state index in [1.807, 2.05) is 12.1 Å². The predicted octanol–water partition coefficient (Wildman–Crippen LogP) is 1.88. The van der Waals surface area contributed by atoms with Crippen LogP contribution in [0.1, 0.15) is 19.6 Å². The van der Waals surface area contributed by atoms with Crippen LogP contribution < -0.4 is 16.4 Å². The summed E-state index contributed by atoms with van der Waals surface area (Å²) in [4.78, 5) is 35.9. The Labute approximate surface area is 173 Å². The molecule has 0 spiro atoms. The van der Waals surface area contributed by atoms with Crippen molar-refractivity contribution in [3.63, 3.8) is 0 Å². The molecule has 1 unspecified atom stereocenters. The van der Waals surface area contributed by atoms with E-state index in [2.05, 4.69) is 27.6 Å². The molecule has 1 saturated heterocycles. The lowest BCUT2D eigenvalue weighted by molar-refractivity contribution is -0.114. The molecule has 2 N–H and O–H groups in total. The third kappa shape index (κ3) is 4.13. The Morgan fingerprint density at radius 3 is 3.03 bits per heavy atom. The van der Waals surface area contributed by atoms with Crippen molar-refractivity contribution in [2.24, 2.45) is 7.05 Å². The normalized spacial score (nSPS) is 17.8. The topological polar surface area (TPSA) is 102 Å². The van der Waals surface area contributed by atoms with Gasteiger partial charge in [0.1, 0.15) is 17.2 Å². The predicted molar refractivity (Wildman–Crippen MR) is 113 cm³/mol. The van der Waals surface area contributed by atoms with Crippen LogP contribution in [-0.2, 0) is 23.2 Å². The third-order valence-electron chi connectivity index (χ3n) is 5.19. The summed E-state index contributed by atoms with van der Waals surface area (Å²) in [5, 5.41) is 3.21. The fourth-order valence-electron chi connectivity index (χ4n) is 3.63. The molecule has 3 aromatic heterocycles. The van der Waals surface area contributed by atoms with Crippen LogP contribution in [0.4, 0.5) is 5.82 Å². The van der Waals surface area contributed by atoms with Gasteiger partial charge in [0.15, 0.2) is 0 Å².